The Hall–Kier alpha value is -4.66. The Morgan fingerprint density at radius 3 is 2.60 bits per heavy atom. The number of hydrogen-bond donors (Lipinski definition) is 1. The molecular formula is C33H32FN3O5. The molecule has 2 amide bonds. The molecule has 1 N–H and O–H groups in total. The second-order valence-corrected chi connectivity index (χ2v) is 11.9. The first kappa shape index (κ1) is 27.5. The van der Waals surface area contributed by atoms with Crippen molar-refractivity contribution in [2.45, 2.75) is 50.8 Å². The van der Waals surface area contributed by atoms with Gasteiger partial charge in [-0.3, -0.25) is 14.5 Å². The summed E-state index contributed by atoms with van der Waals surface area (Å²) in [7, 11) is 1.35. The lowest BCUT2D eigenvalue weighted by Crippen LogP contribution is -2.44. The van der Waals surface area contributed by atoms with E-state index >= 15 is 4.39 Å². The van der Waals surface area contributed by atoms with E-state index in [-0.39, 0.29) is 25.0 Å². The summed E-state index contributed by atoms with van der Waals surface area (Å²) in [4.78, 5) is 40.7. The summed E-state index contributed by atoms with van der Waals surface area (Å²) in [6.45, 7) is 5.72. The highest BCUT2D eigenvalue weighted by molar-refractivity contribution is 6.07. The fourth-order valence-corrected chi connectivity index (χ4v) is 6.33. The summed E-state index contributed by atoms with van der Waals surface area (Å²) in [5, 5.41) is 3.87. The van der Waals surface area contributed by atoms with E-state index in [0.717, 1.165) is 22.0 Å². The first-order valence-electron chi connectivity index (χ1n) is 13.9. The van der Waals surface area contributed by atoms with Crippen molar-refractivity contribution in [2.75, 3.05) is 19.0 Å². The Bertz CT molecular complexity index is 1740. The van der Waals surface area contributed by atoms with E-state index < -0.39 is 29.0 Å². The van der Waals surface area contributed by atoms with Gasteiger partial charge in [-0.1, -0.05) is 24.3 Å². The summed E-state index contributed by atoms with van der Waals surface area (Å²) in [6, 6.07) is 18.9. The summed E-state index contributed by atoms with van der Waals surface area (Å²) in [5.74, 6) is -1.06. The van der Waals surface area contributed by atoms with Crippen molar-refractivity contribution in [3.8, 4) is 11.1 Å². The monoisotopic (exact) mass is 569 g/mol. The van der Waals surface area contributed by atoms with Crippen LogP contribution in [0.2, 0.25) is 0 Å². The first-order chi connectivity index (χ1) is 20.0. The SMILES string of the molecule is COC(=O)Cn1ccc2cc(-c3cc(F)cc([C@H]4N(C(=O)OC(C)(C)C)CC[C@]45C(=O)Nc4ccccc45)c3)ccc21. The van der Waals surface area contributed by atoms with Gasteiger partial charge in [0.05, 0.1) is 13.2 Å². The van der Waals surface area contributed by atoms with Crippen LogP contribution < -0.4 is 5.32 Å². The van der Waals surface area contributed by atoms with E-state index in [4.69, 9.17) is 9.47 Å². The molecule has 0 bridgehead atoms. The van der Waals surface area contributed by atoms with Crippen molar-refractivity contribution < 1.29 is 28.2 Å². The molecule has 8 nitrogen and oxygen atoms in total. The zero-order chi connectivity index (χ0) is 29.8. The largest absolute Gasteiger partial charge is 0.468 e. The molecular weight excluding hydrogens is 537 g/mol. The third-order valence-corrected chi connectivity index (χ3v) is 8.08. The number of carbonyl (C=O) groups is 3. The molecule has 42 heavy (non-hydrogen) atoms. The molecule has 2 atom stereocenters. The first-order valence-corrected chi connectivity index (χ1v) is 13.9. The average molecular weight is 570 g/mol. The van der Waals surface area contributed by atoms with Crippen LogP contribution in [-0.2, 0) is 31.0 Å². The number of halogens is 1. The third-order valence-electron chi connectivity index (χ3n) is 8.08. The number of amides is 2. The van der Waals surface area contributed by atoms with Crippen molar-refractivity contribution in [2.24, 2.45) is 0 Å². The Morgan fingerprint density at radius 2 is 1.83 bits per heavy atom. The minimum Gasteiger partial charge on any atom is -0.468 e. The predicted molar refractivity (Wildman–Crippen MR) is 156 cm³/mol. The van der Waals surface area contributed by atoms with Gasteiger partial charge in [0, 0.05) is 29.3 Å². The topological polar surface area (TPSA) is 89.9 Å². The molecule has 1 spiro atoms. The zero-order valence-corrected chi connectivity index (χ0v) is 23.9. The number of benzene rings is 3. The highest BCUT2D eigenvalue weighted by Gasteiger charge is 2.60. The fraction of sp³-hybridized carbons (Fsp3) is 0.303. The normalized spacial score (nSPS) is 19.7. The maximum atomic E-state index is 15.4. The van der Waals surface area contributed by atoms with Crippen molar-refractivity contribution in [1.82, 2.24) is 9.47 Å². The number of aromatic nitrogens is 1. The van der Waals surface area contributed by atoms with Gasteiger partial charge in [0.25, 0.3) is 0 Å². The number of nitrogens with one attached hydrogen (secondary N) is 1. The molecule has 6 rings (SSSR count). The molecule has 2 aliphatic rings. The lowest BCUT2D eigenvalue weighted by molar-refractivity contribution is -0.141. The highest BCUT2D eigenvalue weighted by atomic mass is 19.1. The number of hydrogen-bond acceptors (Lipinski definition) is 5. The number of likely N-dealkylation sites (tertiary alicyclic amines) is 1. The minimum atomic E-state index is -1.10. The van der Waals surface area contributed by atoms with Gasteiger partial charge >= 0.3 is 12.1 Å². The summed E-state index contributed by atoms with van der Waals surface area (Å²) >= 11 is 0. The van der Waals surface area contributed by atoms with Crippen LogP contribution in [0.1, 0.15) is 44.4 Å². The minimum absolute atomic E-state index is 0.0806. The quantitative estimate of drug-likeness (QED) is 0.296. The number of nitrogens with zero attached hydrogens (tertiary/aromatic N) is 2. The van der Waals surface area contributed by atoms with Crippen molar-refractivity contribution >= 4 is 34.6 Å². The summed E-state index contributed by atoms with van der Waals surface area (Å²) in [6.07, 6.45) is 1.62. The van der Waals surface area contributed by atoms with Gasteiger partial charge in [-0.25, -0.2) is 9.18 Å². The maximum Gasteiger partial charge on any atom is 0.410 e. The molecule has 3 aromatic carbocycles. The average Bonchev–Trinajstić information content (AvgIpc) is 3.62. The molecule has 1 saturated heterocycles. The summed E-state index contributed by atoms with van der Waals surface area (Å²) in [5.41, 5.74) is 2.32. The molecule has 1 aromatic heterocycles. The number of ether oxygens (including phenoxy) is 2. The van der Waals surface area contributed by atoms with Gasteiger partial charge in [0.2, 0.25) is 5.91 Å². The van der Waals surface area contributed by atoms with Crippen LogP contribution in [0.3, 0.4) is 0 Å². The molecule has 2 aliphatic heterocycles. The highest BCUT2D eigenvalue weighted by Crippen LogP contribution is 2.55. The molecule has 4 aromatic rings. The van der Waals surface area contributed by atoms with Crippen molar-refractivity contribution in [3.63, 3.8) is 0 Å². The third kappa shape index (κ3) is 4.58. The molecule has 0 radical (unpaired) electrons. The van der Waals surface area contributed by atoms with Gasteiger partial charge in [-0.15, -0.1) is 0 Å². The van der Waals surface area contributed by atoms with Crippen LogP contribution >= 0.6 is 0 Å². The van der Waals surface area contributed by atoms with Crippen LogP contribution in [0.25, 0.3) is 22.0 Å². The van der Waals surface area contributed by atoms with E-state index in [1.54, 1.807) is 36.4 Å². The molecule has 3 heterocycles. The van der Waals surface area contributed by atoms with E-state index in [9.17, 15) is 14.4 Å². The van der Waals surface area contributed by atoms with Gasteiger partial charge in [0.1, 0.15) is 23.4 Å². The number of anilines is 1. The number of esters is 1. The van der Waals surface area contributed by atoms with E-state index in [2.05, 4.69) is 5.32 Å². The number of para-hydroxylation sites is 1. The molecule has 9 heteroatoms. The second kappa shape index (κ2) is 10.0. The van der Waals surface area contributed by atoms with E-state index in [1.165, 1.54) is 19.2 Å². The Kier molecular flexibility index (Phi) is 6.55. The number of fused-ring (bicyclic) bond motifs is 3. The smallest absolute Gasteiger partial charge is 0.410 e. The van der Waals surface area contributed by atoms with E-state index in [1.807, 2.05) is 54.6 Å². The second-order valence-electron chi connectivity index (χ2n) is 11.9. The van der Waals surface area contributed by atoms with Gasteiger partial charge in [-0.05, 0) is 91.9 Å². The fourth-order valence-electron chi connectivity index (χ4n) is 6.33. The van der Waals surface area contributed by atoms with E-state index in [0.29, 0.717) is 23.2 Å². The van der Waals surface area contributed by atoms with Crippen molar-refractivity contribution in [3.05, 3.63) is 89.9 Å². The summed E-state index contributed by atoms with van der Waals surface area (Å²) < 4.78 is 27.8. The predicted octanol–water partition coefficient (Wildman–Crippen LogP) is 6.19. The van der Waals surface area contributed by atoms with Crippen LogP contribution in [0.5, 0.6) is 0 Å². The van der Waals surface area contributed by atoms with Crippen LogP contribution in [-0.4, -0.2) is 46.7 Å². The molecule has 0 unspecified atom stereocenters. The lowest BCUT2D eigenvalue weighted by Gasteiger charge is -2.35. The van der Waals surface area contributed by atoms with Crippen LogP contribution in [0, 0.1) is 5.82 Å². The standard InChI is InChI=1S/C33H32FN3O5/c1-32(2,3)42-31(40)37-14-12-33(25-7-5-6-8-26(25)35-30(33)39)29(37)23-16-22(17-24(34)18-23)20-9-10-27-21(15-20)11-13-36(27)19-28(38)41-4/h5-11,13,15-18,29H,12,14,19H2,1-4H3,(H,35,39)/t29-,33-/m1/s1. The zero-order valence-electron chi connectivity index (χ0n) is 23.9. The van der Waals surface area contributed by atoms with Crippen LogP contribution in [0.15, 0.2) is 72.9 Å². The molecule has 0 aliphatic carbocycles. The van der Waals surface area contributed by atoms with Gasteiger partial charge < -0.3 is 19.4 Å². The van der Waals surface area contributed by atoms with Gasteiger partial charge in [0.15, 0.2) is 0 Å². The molecule has 0 saturated carbocycles. The number of rotatable bonds is 4. The number of carbonyl (C=O) groups excluding carboxylic acids is 3. The van der Waals surface area contributed by atoms with Gasteiger partial charge in [-0.2, -0.15) is 0 Å². The lowest BCUT2D eigenvalue weighted by atomic mass is 9.72. The molecule has 216 valence electrons. The number of methoxy groups -OCH3 is 1. The van der Waals surface area contributed by atoms with Crippen molar-refractivity contribution in [1.29, 1.82) is 0 Å². The van der Waals surface area contributed by atoms with Crippen LogP contribution in [0.4, 0.5) is 14.9 Å². The Balaban J connectivity index is 1.46. The maximum absolute atomic E-state index is 15.4. The Morgan fingerprint density at radius 1 is 1.05 bits per heavy atom. The molecule has 1 fully saturated rings. The Labute approximate surface area is 243 Å².